The molecule has 2 aromatic heterocycles. The van der Waals surface area contributed by atoms with Crippen molar-refractivity contribution in [2.24, 2.45) is 0 Å². The van der Waals surface area contributed by atoms with E-state index in [0.29, 0.717) is 34.4 Å². The van der Waals surface area contributed by atoms with Crippen molar-refractivity contribution >= 4 is 16.7 Å². The van der Waals surface area contributed by atoms with Crippen LogP contribution < -0.4 is 15.4 Å². The number of halogens is 3. The van der Waals surface area contributed by atoms with Crippen LogP contribution in [-0.2, 0) is 6.42 Å². The summed E-state index contributed by atoms with van der Waals surface area (Å²) < 4.78 is 45.0. The number of benzene rings is 2. The standard InChI is InChI=1S/C29H30F3N5O2/c1-18-9-11-21-19(10-12-25(38)29(30,31)32)5-2-7-22(21)26(18)39-27-23(8-4-15-34-27)24-13-16-35-28(37-24)36-20-6-3-14-33-17-20/h2,4-5,7-9,11,13,15-16,20,25,33,38H,3,6,10,12,14,17H2,1H3,(H,35,36,37)/t20-,25+/m0/s1. The molecule has 3 N–H and O–H groups in total. The van der Waals surface area contributed by atoms with Crippen molar-refractivity contribution in [1.29, 1.82) is 0 Å². The van der Waals surface area contributed by atoms with Crippen molar-refractivity contribution in [2.75, 3.05) is 18.4 Å². The highest BCUT2D eigenvalue weighted by molar-refractivity contribution is 5.92. The Hall–Kier alpha value is -3.76. The maximum atomic E-state index is 12.9. The van der Waals surface area contributed by atoms with E-state index >= 15 is 0 Å². The lowest BCUT2D eigenvalue weighted by atomic mass is 9.97. The number of piperidine rings is 1. The summed E-state index contributed by atoms with van der Waals surface area (Å²) in [6.45, 7) is 3.77. The largest absolute Gasteiger partial charge is 0.437 e. The fraction of sp³-hybridized carbons (Fsp3) is 0.345. The number of rotatable bonds is 8. The summed E-state index contributed by atoms with van der Waals surface area (Å²) in [5.41, 5.74) is 2.89. The molecule has 0 bridgehead atoms. The van der Waals surface area contributed by atoms with Crippen LogP contribution in [0.1, 0.15) is 30.4 Å². The van der Waals surface area contributed by atoms with Gasteiger partial charge in [-0.2, -0.15) is 13.2 Å². The fourth-order valence-corrected chi connectivity index (χ4v) is 4.81. The normalized spacial score (nSPS) is 16.7. The van der Waals surface area contributed by atoms with Crippen LogP contribution in [0.4, 0.5) is 19.1 Å². The lowest BCUT2D eigenvalue weighted by molar-refractivity contribution is -0.205. The van der Waals surface area contributed by atoms with Gasteiger partial charge in [-0.15, -0.1) is 0 Å². The molecule has 39 heavy (non-hydrogen) atoms. The predicted molar refractivity (Wildman–Crippen MR) is 144 cm³/mol. The summed E-state index contributed by atoms with van der Waals surface area (Å²) in [7, 11) is 0. The topological polar surface area (TPSA) is 92.2 Å². The van der Waals surface area contributed by atoms with Gasteiger partial charge in [-0.1, -0.05) is 30.3 Å². The van der Waals surface area contributed by atoms with Gasteiger partial charge in [0.15, 0.2) is 0 Å². The molecule has 1 saturated heterocycles. The van der Waals surface area contributed by atoms with E-state index in [1.54, 1.807) is 30.6 Å². The van der Waals surface area contributed by atoms with Gasteiger partial charge in [0, 0.05) is 30.4 Å². The Morgan fingerprint density at radius 2 is 1.95 bits per heavy atom. The predicted octanol–water partition coefficient (Wildman–Crippen LogP) is 5.81. The quantitative estimate of drug-likeness (QED) is 0.261. The molecule has 7 nitrogen and oxygen atoms in total. The van der Waals surface area contributed by atoms with Gasteiger partial charge in [0.2, 0.25) is 11.8 Å². The number of hydrogen-bond acceptors (Lipinski definition) is 7. The minimum Gasteiger partial charge on any atom is -0.437 e. The number of hydrogen-bond donors (Lipinski definition) is 3. The summed E-state index contributed by atoms with van der Waals surface area (Å²) in [6.07, 6.45) is -1.90. The van der Waals surface area contributed by atoms with Crippen molar-refractivity contribution in [3.63, 3.8) is 0 Å². The molecule has 0 unspecified atom stereocenters. The van der Waals surface area contributed by atoms with Gasteiger partial charge in [0.25, 0.3) is 0 Å². The van der Waals surface area contributed by atoms with Crippen LogP contribution in [-0.4, -0.2) is 51.5 Å². The summed E-state index contributed by atoms with van der Waals surface area (Å²) in [5, 5.41) is 17.8. The Balaban J connectivity index is 1.44. The number of nitrogens with one attached hydrogen (secondary N) is 2. The maximum absolute atomic E-state index is 12.9. The number of aliphatic hydroxyl groups excluding tert-OH is 1. The van der Waals surface area contributed by atoms with Crippen LogP contribution >= 0.6 is 0 Å². The molecule has 1 fully saturated rings. The Kier molecular flexibility index (Phi) is 7.94. The van der Waals surface area contributed by atoms with E-state index in [-0.39, 0.29) is 12.5 Å². The molecule has 0 radical (unpaired) electrons. The van der Waals surface area contributed by atoms with E-state index < -0.39 is 18.7 Å². The zero-order chi connectivity index (χ0) is 27.4. The Morgan fingerprint density at radius 1 is 1.08 bits per heavy atom. The second-order valence-corrected chi connectivity index (χ2v) is 9.73. The van der Waals surface area contributed by atoms with E-state index in [4.69, 9.17) is 9.72 Å². The zero-order valence-corrected chi connectivity index (χ0v) is 21.5. The zero-order valence-electron chi connectivity index (χ0n) is 21.5. The third-order valence-corrected chi connectivity index (χ3v) is 6.90. The van der Waals surface area contributed by atoms with Crippen molar-refractivity contribution in [3.8, 4) is 22.9 Å². The van der Waals surface area contributed by atoms with Gasteiger partial charge < -0.3 is 20.5 Å². The third-order valence-electron chi connectivity index (χ3n) is 6.90. The van der Waals surface area contributed by atoms with E-state index in [1.807, 2.05) is 37.3 Å². The summed E-state index contributed by atoms with van der Waals surface area (Å²) >= 11 is 0. The van der Waals surface area contributed by atoms with E-state index in [1.165, 1.54) is 0 Å². The SMILES string of the molecule is Cc1ccc2c(CC[C@@H](O)C(F)(F)F)cccc2c1Oc1ncccc1-c1ccnc(N[C@H]2CCCNC2)n1. The molecule has 1 aliphatic heterocycles. The molecule has 0 spiro atoms. The summed E-state index contributed by atoms with van der Waals surface area (Å²) in [5.74, 6) is 1.45. The molecule has 0 amide bonds. The number of nitrogens with zero attached hydrogens (tertiary/aromatic N) is 3. The first-order valence-electron chi connectivity index (χ1n) is 13.0. The summed E-state index contributed by atoms with van der Waals surface area (Å²) in [4.78, 5) is 13.6. The number of pyridine rings is 1. The van der Waals surface area contributed by atoms with Gasteiger partial charge in [0.1, 0.15) is 11.9 Å². The highest BCUT2D eigenvalue weighted by Crippen LogP contribution is 2.38. The number of alkyl halides is 3. The van der Waals surface area contributed by atoms with E-state index in [2.05, 4.69) is 20.6 Å². The van der Waals surface area contributed by atoms with Gasteiger partial charge in [-0.25, -0.2) is 15.0 Å². The van der Waals surface area contributed by atoms with Crippen LogP contribution in [0.3, 0.4) is 0 Å². The molecule has 10 heteroatoms. The molecule has 0 saturated carbocycles. The van der Waals surface area contributed by atoms with Gasteiger partial charge in [-0.3, -0.25) is 0 Å². The van der Waals surface area contributed by atoms with E-state index in [0.717, 1.165) is 42.3 Å². The Bertz CT molecular complexity index is 1440. The van der Waals surface area contributed by atoms with Crippen LogP contribution in [0, 0.1) is 6.92 Å². The summed E-state index contributed by atoms with van der Waals surface area (Å²) in [6, 6.07) is 14.9. The molecule has 3 heterocycles. The van der Waals surface area contributed by atoms with Crippen LogP contribution in [0.2, 0.25) is 0 Å². The number of aromatic nitrogens is 3. The van der Waals surface area contributed by atoms with Crippen molar-refractivity contribution in [1.82, 2.24) is 20.3 Å². The molecule has 5 rings (SSSR count). The number of anilines is 1. The van der Waals surface area contributed by atoms with Crippen molar-refractivity contribution < 1.29 is 23.0 Å². The number of aliphatic hydroxyl groups is 1. The van der Waals surface area contributed by atoms with E-state index in [9.17, 15) is 18.3 Å². The average Bonchev–Trinajstić information content (AvgIpc) is 2.93. The van der Waals surface area contributed by atoms with Crippen molar-refractivity contribution in [2.45, 2.75) is 50.9 Å². The first-order chi connectivity index (χ1) is 18.8. The lowest BCUT2D eigenvalue weighted by Gasteiger charge is -2.23. The van der Waals surface area contributed by atoms with Gasteiger partial charge >= 0.3 is 6.18 Å². The first kappa shape index (κ1) is 26.8. The highest BCUT2D eigenvalue weighted by Gasteiger charge is 2.37. The first-order valence-corrected chi connectivity index (χ1v) is 13.0. The number of aryl methyl sites for hydroxylation is 2. The Labute approximate surface area is 224 Å². The monoisotopic (exact) mass is 537 g/mol. The minimum absolute atomic E-state index is 0.0720. The minimum atomic E-state index is -4.64. The van der Waals surface area contributed by atoms with Crippen LogP contribution in [0.25, 0.3) is 22.0 Å². The van der Waals surface area contributed by atoms with Crippen molar-refractivity contribution in [3.05, 3.63) is 72.1 Å². The molecular weight excluding hydrogens is 507 g/mol. The third kappa shape index (κ3) is 6.29. The molecule has 4 aromatic rings. The van der Waals surface area contributed by atoms with Gasteiger partial charge in [0.05, 0.1) is 11.3 Å². The molecule has 2 aromatic carbocycles. The number of ether oxygens (including phenoxy) is 1. The fourth-order valence-electron chi connectivity index (χ4n) is 4.81. The van der Waals surface area contributed by atoms with Crippen LogP contribution in [0.5, 0.6) is 11.6 Å². The number of fused-ring (bicyclic) bond motifs is 1. The highest BCUT2D eigenvalue weighted by atomic mass is 19.4. The lowest BCUT2D eigenvalue weighted by Crippen LogP contribution is -2.38. The van der Waals surface area contributed by atoms with Gasteiger partial charge in [-0.05, 0) is 73.9 Å². The molecule has 2 atom stereocenters. The Morgan fingerprint density at radius 3 is 2.74 bits per heavy atom. The average molecular weight is 538 g/mol. The maximum Gasteiger partial charge on any atom is 0.414 e. The molecule has 1 aliphatic rings. The molecule has 204 valence electrons. The second-order valence-electron chi connectivity index (χ2n) is 9.73. The molecular formula is C29H30F3N5O2. The smallest absolute Gasteiger partial charge is 0.414 e. The molecule has 0 aliphatic carbocycles. The van der Waals surface area contributed by atoms with Crippen LogP contribution in [0.15, 0.2) is 60.9 Å². The second kappa shape index (κ2) is 11.5.